The largest absolute Gasteiger partial charge is 0.365 e. The van der Waals surface area contributed by atoms with Crippen LogP contribution in [0.25, 0.3) is 0 Å². The van der Waals surface area contributed by atoms with Gasteiger partial charge in [-0.3, -0.25) is 9.59 Å². The van der Waals surface area contributed by atoms with E-state index in [1.54, 1.807) is 20.8 Å². The number of hydrogen-bond donors (Lipinski definition) is 2. The van der Waals surface area contributed by atoms with Gasteiger partial charge in [-0.2, -0.15) is 4.31 Å². The molecular formula is C18H23N3O4S2. The Morgan fingerprint density at radius 1 is 1.22 bits per heavy atom. The molecule has 0 radical (unpaired) electrons. The molecule has 0 aliphatic rings. The average Bonchev–Trinajstić information content (AvgIpc) is 2.87. The van der Waals surface area contributed by atoms with Crippen molar-refractivity contribution in [3.63, 3.8) is 0 Å². The second-order valence-corrected chi connectivity index (χ2v) is 9.67. The molecule has 0 saturated heterocycles. The number of carbonyl (C=O) groups excluding carboxylic acids is 2. The first-order chi connectivity index (χ1) is 12.5. The lowest BCUT2D eigenvalue weighted by Crippen LogP contribution is -2.33. The number of thiophene rings is 1. The van der Waals surface area contributed by atoms with Crippen LogP contribution in [0.4, 0.5) is 5.00 Å². The van der Waals surface area contributed by atoms with Crippen molar-refractivity contribution in [1.29, 1.82) is 0 Å². The van der Waals surface area contributed by atoms with E-state index in [9.17, 15) is 18.0 Å². The predicted molar refractivity (Wildman–Crippen MR) is 107 cm³/mol. The number of primary amides is 1. The van der Waals surface area contributed by atoms with Gasteiger partial charge in [-0.15, -0.1) is 11.3 Å². The van der Waals surface area contributed by atoms with Crippen molar-refractivity contribution in [1.82, 2.24) is 4.31 Å². The fraction of sp³-hybridized carbons (Fsp3) is 0.333. The van der Waals surface area contributed by atoms with Crippen LogP contribution >= 0.6 is 11.3 Å². The van der Waals surface area contributed by atoms with Crippen LogP contribution in [-0.2, 0) is 10.0 Å². The highest BCUT2D eigenvalue weighted by Crippen LogP contribution is 2.32. The summed E-state index contributed by atoms with van der Waals surface area (Å²) in [5.41, 5.74) is 6.58. The Morgan fingerprint density at radius 2 is 1.85 bits per heavy atom. The summed E-state index contributed by atoms with van der Waals surface area (Å²) in [6, 6.07) is 5.57. The Balaban J connectivity index is 2.37. The molecule has 2 rings (SSSR count). The molecule has 2 amide bonds. The number of carbonyl (C=O) groups is 2. The maximum atomic E-state index is 12.6. The first kappa shape index (κ1) is 21.1. The Kier molecular flexibility index (Phi) is 6.08. The molecule has 146 valence electrons. The van der Waals surface area contributed by atoms with Crippen LogP contribution in [0.1, 0.15) is 45.0 Å². The second kappa shape index (κ2) is 7.79. The topological polar surface area (TPSA) is 110 Å². The van der Waals surface area contributed by atoms with Gasteiger partial charge in [0, 0.05) is 23.5 Å². The van der Waals surface area contributed by atoms with Crippen LogP contribution in [0.5, 0.6) is 0 Å². The Bertz CT molecular complexity index is 994. The predicted octanol–water partition coefficient (Wildman–Crippen LogP) is 2.75. The van der Waals surface area contributed by atoms with Gasteiger partial charge in [0.1, 0.15) is 5.00 Å². The third kappa shape index (κ3) is 4.20. The number of nitrogens with one attached hydrogen (secondary N) is 1. The van der Waals surface area contributed by atoms with E-state index in [4.69, 9.17) is 5.73 Å². The Labute approximate surface area is 163 Å². The van der Waals surface area contributed by atoms with Crippen molar-refractivity contribution in [2.75, 3.05) is 12.4 Å². The van der Waals surface area contributed by atoms with Crippen molar-refractivity contribution < 1.29 is 18.0 Å². The lowest BCUT2D eigenvalue weighted by molar-refractivity contribution is 0.100. The minimum Gasteiger partial charge on any atom is -0.365 e. The molecule has 9 heteroatoms. The molecule has 0 spiro atoms. The van der Waals surface area contributed by atoms with Crippen molar-refractivity contribution >= 4 is 38.2 Å². The monoisotopic (exact) mass is 409 g/mol. The number of aryl methyl sites for hydroxylation is 1. The van der Waals surface area contributed by atoms with E-state index in [0.29, 0.717) is 5.00 Å². The van der Waals surface area contributed by atoms with Gasteiger partial charge in [-0.05, 0) is 51.5 Å². The Morgan fingerprint density at radius 3 is 2.41 bits per heavy atom. The summed E-state index contributed by atoms with van der Waals surface area (Å²) >= 11 is 1.25. The third-order valence-corrected chi connectivity index (χ3v) is 7.51. The van der Waals surface area contributed by atoms with Crippen LogP contribution < -0.4 is 11.1 Å². The van der Waals surface area contributed by atoms with Gasteiger partial charge in [-0.1, -0.05) is 6.07 Å². The molecule has 3 N–H and O–H groups in total. The lowest BCUT2D eigenvalue weighted by atomic mass is 10.1. The smallest absolute Gasteiger partial charge is 0.256 e. The quantitative estimate of drug-likeness (QED) is 0.764. The van der Waals surface area contributed by atoms with Gasteiger partial charge in [0.15, 0.2) is 0 Å². The number of nitrogens with two attached hydrogens (primary N) is 1. The molecule has 0 aliphatic heterocycles. The zero-order valence-corrected chi connectivity index (χ0v) is 17.5. The second-order valence-electron chi connectivity index (χ2n) is 6.45. The number of rotatable bonds is 6. The van der Waals surface area contributed by atoms with Crippen molar-refractivity contribution in [3.05, 3.63) is 45.8 Å². The maximum absolute atomic E-state index is 12.6. The number of sulfonamides is 1. The molecule has 1 aromatic heterocycles. The molecule has 0 aliphatic carbocycles. The first-order valence-corrected chi connectivity index (χ1v) is 10.5. The van der Waals surface area contributed by atoms with Gasteiger partial charge >= 0.3 is 0 Å². The summed E-state index contributed by atoms with van der Waals surface area (Å²) in [6.07, 6.45) is 0. The van der Waals surface area contributed by atoms with Gasteiger partial charge in [0.05, 0.1) is 10.5 Å². The molecule has 0 atom stereocenters. The summed E-state index contributed by atoms with van der Waals surface area (Å²) in [6.45, 7) is 7.12. The average molecular weight is 410 g/mol. The van der Waals surface area contributed by atoms with Gasteiger partial charge in [0.25, 0.3) is 11.8 Å². The molecule has 7 nitrogen and oxygen atoms in total. The molecule has 2 aromatic rings. The minimum atomic E-state index is -3.71. The van der Waals surface area contributed by atoms with Crippen LogP contribution in [0.3, 0.4) is 0 Å². The summed E-state index contributed by atoms with van der Waals surface area (Å²) in [5.74, 6) is -1.13. The highest BCUT2D eigenvalue weighted by Gasteiger charge is 2.24. The summed E-state index contributed by atoms with van der Waals surface area (Å²) in [5, 5.41) is 3.03. The first-order valence-electron chi connectivity index (χ1n) is 8.26. The molecular weight excluding hydrogens is 386 g/mol. The lowest BCUT2D eigenvalue weighted by Gasteiger charge is -2.21. The van der Waals surface area contributed by atoms with Crippen molar-refractivity contribution in [2.24, 2.45) is 5.73 Å². The molecule has 0 bridgehead atoms. The normalized spacial score (nSPS) is 11.8. The van der Waals surface area contributed by atoms with Crippen LogP contribution in [-0.4, -0.2) is 37.6 Å². The number of amides is 2. The molecule has 27 heavy (non-hydrogen) atoms. The zero-order valence-electron chi connectivity index (χ0n) is 15.9. The van der Waals surface area contributed by atoms with Crippen LogP contribution in [0, 0.1) is 13.8 Å². The molecule has 1 heterocycles. The number of anilines is 1. The van der Waals surface area contributed by atoms with Crippen molar-refractivity contribution in [2.45, 2.75) is 38.6 Å². The molecule has 0 fully saturated rings. The maximum Gasteiger partial charge on any atom is 0.256 e. The summed E-state index contributed by atoms with van der Waals surface area (Å²) in [4.78, 5) is 25.2. The van der Waals surface area contributed by atoms with E-state index in [1.165, 1.54) is 47.0 Å². The molecule has 0 unspecified atom stereocenters. The summed E-state index contributed by atoms with van der Waals surface area (Å²) < 4.78 is 26.5. The third-order valence-electron chi connectivity index (χ3n) is 4.36. The van der Waals surface area contributed by atoms with Gasteiger partial charge in [0.2, 0.25) is 10.0 Å². The number of hydrogen-bond acceptors (Lipinski definition) is 5. The van der Waals surface area contributed by atoms with Crippen LogP contribution in [0.2, 0.25) is 0 Å². The Hall–Kier alpha value is -2.23. The minimum absolute atomic E-state index is 0.0278. The highest BCUT2D eigenvalue weighted by atomic mass is 32.2. The van der Waals surface area contributed by atoms with Crippen molar-refractivity contribution in [3.8, 4) is 0 Å². The van der Waals surface area contributed by atoms with Gasteiger partial charge in [-0.25, -0.2) is 8.42 Å². The SMILES string of the molecule is Cc1sc(NC(=O)c2cccc(S(=O)(=O)N(C)C(C)C)c2)c(C(N)=O)c1C. The summed E-state index contributed by atoms with van der Waals surface area (Å²) in [7, 11) is -2.22. The number of nitrogens with zero attached hydrogens (tertiary/aromatic N) is 1. The van der Waals surface area contributed by atoms with E-state index in [0.717, 1.165) is 10.4 Å². The van der Waals surface area contributed by atoms with E-state index < -0.39 is 21.8 Å². The van der Waals surface area contributed by atoms with E-state index in [-0.39, 0.29) is 22.1 Å². The molecule has 1 aromatic carbocycles. The fourth-order valence-electron chi connectivity index (χ4n) is 2.43. The van der Waals surface area contributed by atoms with Gasteiger partial charge < -0.3 is 11.1 Å². The van der Waals surface area contributed by atoms with E-state index >= 15 is 0 Å². The van der Waals surface area contributed by atoms with E-state index in [2.05, 4.69) is 5.32 Å². The standard InChI is InChI=1S/C18H23N3O4S2/c1-10(2)21(5)27(24,25)14-8-6-7-13(9-14)17(23)20-18-15(16(19)22)11(3)12(4)26-18/h6-10H,1-5H3,(H2,19,22)(H,20,23). The molecule has 0 saturated carbocycles. The fourth-order valence-corrected chi connectivity index (χ4v) is 4.90. The highest BCUT2D eigenvalue weighted by molar-refractivity contribution is 7.89. The zero-order chi connectivity index (χ0) is 20.5. The van der Waals surface area contributed by atoms with E-state index in [1.807, 2.05) is 6.92 Å². The number of benzene rings is 1. The van der Waals surface area contributed by atoms with Crippen LogP contribution in [0.15, 0.2) is 29.2 Å².